The standard InChI is InChI=1S/C17H16ClF3N2O3/c1-9(2)23-13-8-12(18)14(7-10(13)16(24)25-3)26-15-11(17(19,20)21)5-4-6-22-15/h4-9,23H,1-3H3. The summed E-state index contributed by atoms with van der Waals surface area (Å²) in [4.78, 5) is 15.6. The Bertz CT molecular complexity index is 810. The quantitative estimate of drug-likeness (QED) is 0.717. The molecule has 0 bridgehead atoms. The maximum Gasteiger partial charge on any atom is 0.421 e. The number of alkyl halides is 3. The third-order valence-electron chi connectivity index (χ3n) is 3.20. The highest BCUT2D eigenvalue weighted by molar-refractivity contribution is 6.32. The lowest BCUT2D eigenvalue weighted by atomic mass is 10.1. The molecule has 0 saturated heterocycles. The first kappa shape index (κ1) is 19.8. The maximum atomic E-state index is 13.1. The van der Waals surface area contributed by atoms with Crippen LogP contribution in [-0.2, 0) is 10.9 Å². The summed E-state index contributed by atoms with van der Waals surface area (Å²) < 4.78 is 49.2. The minimum atomic E-state index is -4.65. The molecule has 0 amide bonds. The second-order valence-corrected chi connectivity index (χ2v) is 5.98. The van der Waals surface area contributed by atoms with E-state index in [2.05, 4.69) is 10.3 Å². The molecule has 2 rings (SSSR count). The number of aromatic nitrogens is 1. The molecule has 0 aliphatic rings. The van der Waals surface area contributed by atoms with Crippen LogP contribution in [0.5, 0.6) is 11.6 Å². The van der Waals surface area contributed by atoms with Crippen LogP contribution >= 0.6 is 11.6 Å². The number of hydrogen-bond acceptors (Lipinski definition) is 5. The number of methoxy groups -OCH3 is 1. The van der Waals surface area contributed by atoms with Crippen molar-refractivity contribution in [3.05, 3.63) is 46.6 Å². The van der Waals surface area contributed by atoms with E-state index in [0.717, 1.165) is 18.3 Å². The third-order valence-corrected chi connectivity index (χ3v) is 3.50. The average molecular weight is 389 g/mol. The van der Waals surface area contributed by atoms with E-state index >= 15 is 0 Å². The van der Waals surface area contributed by atoms with Crippen molar-refractivity contribution in [3.63, 3.8) is 0 Å². The number of nitrogens with one attached hydrogen (secondary N) is 1. The van der Waals surface area contributed by atoms with Crippen LogP contribution in [0.25, 0.3) is 0 Å². The zero-order chi connectivity index (χ0) is 19.5. The Hall–Kier alpha value is -2.48. The molecule has 9 heteroatoms. The van der Waals surface area contributed by atoms with Gasteiger partial charge in [-0.15, -0.1) is 0 Å². The van der Waals surface area contributed by atoms with Crippen molar-refractivity contribution >= 4 is 23.3 Å². The molecule has 0 radical (unpaired) electrons. The lowest BCUT2D eigenvalue weighted by Gasteiger charge is -2.17. The van der Waals surface area contributed by atoms with Crippen molar-refractivity contribution in [1.82, 2.24) is 4.98 Å². The smallest absolute Gasteiger partial charge is 0.421 e. The highest BCUT2D eigenvalue weighted by Gasteiger charge is 2.35. The molecule has 1 aromatic heterocycles. The SMILES string of the molecule is COC(=O)c1cc(Oc2ncccc2C(F)(F)F)c(Cl)cc1NC(C)C. The monoisotopic (exact) mass is 388 g/mol. The van der Waals surface area contributed by atoms with Gasteiger partial charge in [-0.3, -0.25) is 0 Å². The van der Waals surface area contributed by atoms with E-state index < -0.39 is 23.6 Å². The topological polar surface area (TPSA) is 60.5 Å². The van der Waals surface area contributed by atoms with Crippen molar-refractivity contribution in [2.75, 3.05) is 12.4 Å². The van der Waals surface area contributed by atoms with Crippen molar-refractivity contribution in [1.29, 1.82) is 0 Å². The van der Waals surface area contributed by atoms with Gasteiger partial charge in [0.1, 0.15) is 11.3 Å². The van der Waals surface area contributed by atoms with Crippen molar-refractivity contribution in [3.8, 4) is 11.6 Å². The molecular weight excluding hydrogens is 373 g/mol. The largest absolute Gasteiger partial charge is 0.465 e. The Labute approximate surface area is 153 Å². The van der Waals surface area contributed by atoms with Gasteiger partial charge in [0.15, 0.2) is 0 Å². The Morgan fingerprint density at radius 1 is 1.31 bits per heavy atom. The number of anilines is 1. The Balaban J connectivity index is 2.50. The molecule has 140 valence electrons. The molecule has 0 saturated carbocycles. The number of pyridine rings is 1. The van der Waals surface area contributed by atoms with Crippen LogP contribution in [0.4, 0.5) is 18.9 Å². The van der Waals surface area contributed by atoms with Gasteiger partial charge in [-0.2, -0.15) is 13.2 Å². The number of ether oxygens (including phenoxy) is 2. The van der Waals surface area contributed by atoms with Gasteiger partial charge >= 0.3 is 12.1 Å². The summed E-state index contributed by atoms with van der Waals surface area (Å²) in [6, 6.07) is 4.57. The zero-order valence-electron chi connectivity index (χ0n) is 14.1. The van der Waals surface area contributed by atoms with E-state index in [-0.39, 0.29) is 22.4 Å². The number of carbonyl (C=O) groups excluding carboxylic acids is 1. The van der Waals surface area contributed by atoms with E-state index in [9.17, 15) is 18.0 Å². The molecule has 5 nitrogen and oxygen atoms in total. The third kappa shape index (κ3) is 4.57. The van der Waals surface area contributed by atoms with Crippen LogP contribution in [0.1, 0.15) is 29.8 Å². The number of benzene rings is 1. The normalized spacial score (nSPS) is 11.4. The van der Waals surface area contributed by atoms with Gasteiger partial charge in [0.2, 0.25) is 5.88 Å². The van der Waals surface area contributed by atoms with Gasteiger partial charge in [-0.05, 0) is 38.1 Å². The van der Waals surface area contributed by atoms with Gasteiger partial charge in [0.05, 0.1) is 23.4 Å². The fourth-order valence-corrected chi connectivity index (χ4v) is 2.34. The predicted molar refractivity (Wildman–Crippen MR) is 90.9 cm³/mol. The number of halogens is 4. The second-order valence-electron chi connectivity index (χ2n) is 5.57. The number of hydrogen-bond donors (Lipinski definition) is 1. The van der Waals surface area contributed by atoms with Gasteiger partial charge in [-0.1, -0.05) is 11.6 Å². The van der Waals surface area contributed by atoms with Gasteiger partial charge in [-0.25, -0.2) is 9.78 Å². The highest BCUT2D eigenvalue weighted by Crippen LogP contribution is 2.39. The van der Waals surface area contributed by atoms with Gasteiger partial charge in [0, 0.05) is 12.2 Å². The fraction of sp³-hybridized carbons (Fsp3) is 0.294. The average Bonchev–Trinajstić information content (AvgIpc) is 2.55. The maximum absolute atomic E-state index is 13.1. The molecule has 0 fully saturated rings. The van der Waals surface area contributed by atoms with Crippen LogP contribution in [0.3, 0.4) is 0 Å². The molecule has 1 aromatic carbocycles. The summed E-state index contributed by atoms with van der Waals surface area (Å²) >= 11 is 6.12. The van der Waals surface area contributed by atoms with Crippen molar-refractivity contribution in [2.24, 2.45) is 0 Å². The molecule has 0 unspecified atom stereocenters. The summed E-state index contributed by atoms with van der Waals surface area (Å²) in [6.07, 6.45) is -3.49. The number of carbonyl (C=O) groups is 1. The van der Waals surface area contributed by atoms with Crippen LogP contribution in [0.15, 0.2) is 30.5 Å². The fourth-order valence-electron chi connectivity index (χ4n) is 2.13. The molecule has 1 N–H and O–H groups in total. The highest BCUT2D eigenvalue weighted by atomic mass is 35.5. The molecule has 0 spiro atoms. The Morgan fingerprint density at radius 2 is 2.00 bits per heavy atom. The van der Waals surface area contributed by atoms with Crippen molar-refractivity contribution < 1.29 is 27.4 Å². The first-order chi connectivity index (χ1) is 12.1. The molecule has 26 heavy (non-hydrogen) atoms. The van der Waals surface area contributed by atoms with E-state index in [1.165, 1.54) is 19.2 Å². The van der Waals surface area contributed by atoms with E-state index in [1.54, 1.807) is 0 Å². The minimum Gasteiger partial charge on any atom is -0.465 e. The van der Waals surface area contributed by atoms with E-state index in [4.69, 9.17) is 21.1 Å². The lowest BCUT2D eigenvalue weighted by molar-refractivity contribution is -0.138. The summed E-state index contributed by atoms with van der Waals surface area (Å²) in [7, 11) is 1.19. The van der Waals surface area contributed by atoms with E-state index in [0.29, 0.717) is 5.69 Å². The summed E-state index contributed by atoms with van der Waals surface area (Å²) in [6.45, 7) is 3.70. The second kappa shape index (κ2) is 7.82. The lowest BCUT2D eigenvalue weighted by Crippen LogP contribution is -2.14. The van der Waals surface area contributed by atoms with E-state index in [1.807, 2.05) is 13.8 Å². The van der Waals surface area contributed by atoms with Gasteiger partial charge in [0.25, 0.3) is 0 Å². The zero-order valence-corrected chi connectivity index (χ0v) is 14.9. The Kier molecular flexibility index (Phi) is 5.97. The predicted octanol–water partition coefficient (Wildman–Crippen LogP) is 5.15. The molecule has 0 atom stereocenters. The molecule has 0 aliphatic heterocycles. The van der Waals surface area contributed by atoms with Crippen LogP contribution in [-0.4, -0.2) is 24.1 Å². The molecule has 0 aliphatic carbocycles. The summed E-state index contributed by atoms with van der Waals surface area (Å²) in [5.74, 6) is -1.50. The van der Waals surface area contributed by atoms with Gasteiger partial charge < -0.3 is 14.8 Å². The summed E-state index contributed by atoms with van der Waals surface area (Å²) in [5.41, 5.74) is -0.605. The molecule has 2 aromatic rings. The number of rotatable bonds is 5. The van der Waals surface area contributed by atoms with Crippen LogP contribution < -0.4 is 10.1 Å². The minimum absolute atomic E-state index is 0.0135. The molecular formula is C17H16ClF3N2O3. The van der Waals surface area contributed by atoms with Crippen LogP contribution in [0.2, 0.25) is 5.02 Å². The number of esters is 1. The first-order valence-corrected chi connectivity index (χ1v) is 7.89. The number of nitrogens with zero attached hydrogens (tertiary/aromatic N) is 1. The molecule has 1 heterocycles. The Morgan fingerprint density at radius 3 is 2.58 bits per heavy atom. The van der Waals surface area contributed by atoms with Crippen molar-refractivity contribution in [2.45, 2.75) is 26.1 Å². The van der Waals surface area contributed by atoms with Crippen LogP contribution in [0, 0.1) is 0 Å². The first-order valence-electron chi connectivity index (χ1n) is 7.52. The summed E-state index contributed by atoms with van der Waals surface area (Å²) in [5, 5.41) is 3.03.